The maximum Gasteiger partial charge on any atom is 0.123 e. The fourth-order valence-electron chi connectivity index (χ4n) is 2.61. The smallest absolute Gasteiger partial charge is 0.123 e. The molecule has 1 aromatic carbocycles. The summed E-state index contributed by atoms with van der Waals surface area (Å²) in [5, 5.41) is 8.78. The zero-order chi connectivity index (χ0) is 15.2. The van der Waals surface area contributed by atoms with Crippen molar-refractivity contribution in [1.29, 1.82) is 0 Å². The van der Waals surface area contributed by atoms with Crippen LogP contribution in [0.15, 0.2) is 18.2 Å². The van der Waals surface area contributed by atoms with Gasteiger partial charge >= 0.3 is 0 Å². The Morgan fingerprint density at radius 3 is 2.81 bits per heavy atom. The average Bonchev–Trinajstić information content (AvgIpc) is 3.14. The van der Waals surface area contributed by atoms with Crippen molar-refractivity contribution in [2.45, 2.75) is 26.3 Å². The number of benzene rings is 1. The number of rotatable bonds is 6. The quantitative estimate of drug-likeness (QED) is 0.816. The lowest BCUT2D eigenvalue weighted by Gasteiger charge is -2.18. The van der Waals surface area contributed by atoms with E-state index in [2.05, 4.69) is 36.8 Å². The number of aliphatic hydroxyl groups excluding tert-OH is 1. The predicted octanol–water partition coefficient (Wildman–Crippen LogP) is 2.52. The first-order valence-electron chi connectivity index (χ1n) is 7.59. The van der Waals surface area contributed by atoms with Crippen LogP contribution in [0.1, 0.15) is 30.9 Å². The third-order valence-corrected chi connectivity index (χ3v) is 4.01. The summed E-state index contributed by atoms with van der Waals surface area (Å²) in [6.45, 7) is 4.45. The standard InChI is InChI=1S/C18H25NO2/c1-14-10-16(14)12-19(2)13-17-11-15(6-4-5-9-20)7-8-18(17)21-3/h7-8,11,14,16,20H,5,9-10,12-13H2,1-3H3. The Morgan fingerprint density at radius 2 is 2.19 bits per heavy atom. The SMILES string of the molecule is COc1ccc(C#CCCO)cc1CN(C)CC1CC1C. The topological polar surface area (TPSA) is 32.7 Å². The van der Waals surface area contributed by atoms with Crippen molar-refractivity contribution in [1.82, 2.24) is 4.90 Å². The summed E-state index contributed by atoms with van der Waals surface area (Å²) < 4.78 is 5.45. The predicted molar refractivity (Wildman–Crippen MR) is 85.2 cm³/mol. The molecule has 0 radical (unpaired) electrons. The molecule has 1 aliphatic carbocycles. The van der Waals surface area contributed by atoms with Crippen molar-refractivity contribution in [2.24, 2.45) is 11.8 Å². The molecule has 1 N–H and O–H groups in total. The van der Waals surface area contributed by atoms with Crippen LogP contribution in [0, 0.1) is 23.7 Å². The lowest BCUT2D eigenvalue weighted by Crippen LogP contribution is -2.21. The van der Waals surface area contributed by atoms with Crippen LogP contribution in [0.25, 0.3) is 0 Å². The van der Waals surface area contributed by atoms with Gasteiger partial charge in [-0.25, -0.2) is 0 Å². The molecule has 2 rings (SSSR count). The molecular weight excluding hydrogens is 262 g/mol. The van der Waals surface area contributed by atoms with E-state index < -0.39 is 0 Å². The van der Waals surface area contributed by atoms with Crippen LogP contribution < -0.4 is 4.74 Å². The van der Waals surface area contributed by atoms with Crippen LogP contribution in [0.2, 0.25) is 0 Å². The van der Waals surface area contributed by atoms with E-state index in [0.29, 0.717) is 6.42 Å². The molecule has 2 unspecified atom stereocenters. The summed E-state index contributed by atoms with van der Waals surface area (Å²) in [5.74, 6) is 8.70. The molecule has 1 fully saturated rings. The Kier molecular flexibility index (Phi) is 5.67. The van der Waals surface area contributed by atoms with Crippen LogP contribution in [0.5, 0.6) is 5.75 Å². The van der Waals surface area contributed by atoms with Gasteiger partial charge in [-0.3, -0.25) is 0 Å². The van der Waals surface area contributed by atoms with Crippen molar-refractivity contribution >= 4 is 0 Å². The maximum atomic E-state index is 8.78. The highest BCUT2D eigenvalue weighted by Gasteiger charge is 2.33. The van der Waals surface area contributed by atoms with E-state index in [0.717, 1.165) is 36.2 Å². The van der Waals surface area contributed by atoms with Gasteiger partial charge < -0.3 is 14.7 Å². The highest BCUT2D eigenvalue weighted by atomic mass is 16.5. The van der Waals surface area contributed by atoms with Gasteiger partial charge in [0.2, 0.25) is 0 Å². The number of ether oxygens (including phenoxy) is 1. The lowest BCUT2D eigenvalue weighted by molar-refractivity contribution is 0.300. The summed E-state index contributed by atoms with van der Waals surface area (Å²) in [5.41, 5.74) is 2.15. The highest BCUT2D eigenvalue weighted by molar-refractivity contribution is 5.44. The van der Waals surface area contributed by atoms with E-state index in [-0.39, 0.29) is 6.61 Å². The number of nitrogens with zero attached hydrogens (tertiary/aromatic N) is 1. The van der Waals surface area contributed by atoms with Crippen LogP contribution in [0.3, 0.4) is 0 Å². The number of hydrogen-bond acceptors (Lipinski definition) is 3. The van der Waals surface area contributed by atoms with Crippen molar-refractivity contribution in [3.05, 3.63) is 29.3 Å². The van der Waals surface area contributed by atoms with Crippen molar-refractivity contribution in [2.75, 3.05) is 27.3 Å². The van der Waals surface area contributed by atoms with Gasteiger partial charge in [-0.2, -0.15) is 0 Å². The monoisotopic (exact) mass is 287 g/mol. The first-order valence-corrected chi connectivity index (χ1v) is 7.59. The van der Waals surface area contributed by atoms with Gasteiger partial charge in [0.1, 0.15) is 5.75 Å². The van der Waals surface area contributed by atoms with Gasteiger partial charge in [-0.1, -0.05) is 18.8 Å². The molecule has 2 atom stereocenters. The van der Waals surface area contributed by atoms with Gasteiger partial charge in [0.05, 0.1) is 13.7 Å². The molecule has 0 saturated heterocycles. The molecule has 0 bridgehead atoms. The largest absolute Gasteiger partial charge is 0.496 e. The first kappa shape index (κ1) is 15.9. The molecular formula is C18H25NO2. The molecule has 1 aromatic rings. The summed E-state index contributed by atoms with van der Waals surface area (Å²) in [7, 11) is 3.87. The molecule has 3 heteroatoms. The Bertz CT molecular complexity index is 530. The molecule has 0 aliphatic heterocycles. The minimum absolute atomic E-state index is 0.109. The van der Waals surface area contributed by atoms with Gasteiger partial charge in [0, 0.05) is 30.6 Å². The molecule has 3 nitrogen and oxygen atoms in total. The normalized spacial score (nSPS) is 20.0. The molecule has 0 amide bonds. The van der Waals surface area contributed by atoms with Crippen molar-refractivity contribution in [3.8, 4) is 17.6 Å². The van der Waals surface area contributed by atoms with Crippen LogP contribution >= 0.6 is 0 Å². The highest BCUT2D eigenvalue weighted by Crippen LogP contribution is 2.38. The Balaban J connectivity index is 2.04. The summed E-state index contributed by atoms with van der Waals surface area (Å²) in [6, 6.07) is 6.04. The first-order chi connectivity index (χ1) is 10.1. The Morgan fingerprint density at radius 1 is 1.43 bits per heavy atom. The van der Waals surface area contributed by atoms with Gasteiger partial charge in [-0.15, -0.1) is 0 Å². The zero-order valence-corrected chi connectivity index (χ0v) is 13.2. The van der Waals surface area contributed by atoms with Gasteiger partial charge in [0.15, 0.2) is 0 Å². The number of methoxy groups -OCH3 is 1. The second kappa shape index (κ2) is 7.49. The molecule has 1 saturated carbocycles. The average molecular weight is 287 g/mol. The summed E-state index contributed by atoms with van der Waals surface area (Å²) in [4.78, 5) is 2.36. The zero-order valence-electron chi connectivity index (χ0n) is 13.2. The van der Waals surface area contributed by atoms with Crippen molar-refractivity contribution in [3.63, 3.8) is 0 Å². The second-order valence-electron chi connectivity index (χ2n) is 5.97. The lowest BCUT2D eigenvalue weighted by atomic mass is 10.1. The maximum absolute atomic E-state index is 8.78. The molecule has 1 aliphatic rings. The van der Waals surface area contributed by atoms with Gasteiger partial charge in [0.25, 0.3) is 0 Å². The van der Waals surface area contributed by atoms with Crippen LogP contribution in [-0.2, 0) is 6.54 Å². The molecule has 21 heavy (non-hydrogen) atoms. The fraction of sp³-hybridized carbons (Fsp3) is 0.556. The third kappa shape index (κ3) is 4.77. The minimum Gasteiger partial charge on any atom is -0.496 e. The van der Waals surface area contributed by atoms with Crippen molar-refractivity contribution < 1.29 is 9.84 Å². The second-order valence-corrected chi connectivity index (χ2v) is 5.97. The molecule has 0 heterocycles. The minimum atomic E-state index is 0.109. The number of hydrogen-bond donors (Lipinski definition) is 1. The Labute approximate surface area is 127 Å². The number of aliphatic hydroxyl groups is 1. The van der Waals surface area contributed by atoms with E-state index in [1.54, 1.807) is 7.11 Å². The van der Waals surface area contributed by atoms with Crippen LogP contribution in [0.4, 0.5) is 0 Å². The fourth-order valence-corrected chi connectivity index (χ4v) is 2.61. The molecule has 0 aromatic heterocycles. The van der Waals surface area contributed by atoms with Gasteiger partial charge in [-0.05, 0) is 43.5 Å². The molecule has 114 valence electrons. The van der Waals surface area contributed by atoms with E-state index in [1.165, 1.54) is 12.0 Å². The van der Waals surface area contributed by atoms with E-state index >= 15 is 0 Å². The molecule has 0 spiro atoms. The van der Waals surface area contributed by atoms with E-state index in [1.807, 2.05) is 12.1 Å². The summed E-state index contributed by atoms with van der Waals surface area (Å²) in [6.07, 6.45) is 1.87. The van der Waals surface area contributed by atoms with E-state index in [4.69, 9.17) is 9.84 Å². The summed E-state index contributed by atoms with van der Waals surface area (Å²) >= 11 is 0. The Hall–Kier alpha value is -1.50. The van der Waals surface area contributed by atoms with Crippen LogP contribution in [-0.4, -0.2) is 37.3 Å². The van der Waals surface area contributed by atoms with E-state index in [9.17, 15) is 0 Å². The third-order valence-electron chi connectivity index (χ3n) is 4.01.